The van der Waals surface area contributed by atoms with Crippen LogP contribution in [0.4, 0.5) is 5.69 Å². The van der Waals surface area contributed by atoms with Crippen molar-refractivity contribution in [3.05, 3.63) is 107 Å². The Bertz CT molecular complexity index is 1480. The molecule has 0 spiro atoms. The van der Waals surface area contributed by atoms with Crippen molar-refractivity contribution in [1.82, 2.24) is 19.8 Å². The quantitative estimate of drug-likeness (QED) is 0.276. The number of aryl methyl sites for hydroxylation is 2. The highest BCUT2D eigenvalue weighted by atomic mass is 32.1. The number of benzene rings is 2. The molecule has 0 aliphatic carbocycles. The maximum absolute atomic E-state index is 13.0. The molecule has 1 aliphatic heterocycles. The van der Waals surface area contributed by atoms with Gasteiger partial charge in [0.15, 0.2) is 5.11 Å². The van der Waals surface area contributed by atoms with Crippen molar-refractivity contribution in [3.8, 4) is 11.4 Å². The van der Waals surface area contributed by atoms with Gasteiger partial charge in [-0.2, -0.15) is 0 Å². The zero-order chi connectivity index (χ0) is 27.5. The molecule has 3 heterocycles. The smallest absolute Gasteiger partial charge is 0.226 e. The van der Waals surface area contributed by atoms with Gasteiger partial charge in [0.1, 0.15) is 5.75 Å². The lowest BCUT2D eigenvalue weighted by Gasteiger charge is -2.28. The van der Waals surface area contributed by atoms with Crippen molar-refractivity contribution >= 4 is 28.9 Å². The van der Waals surface area contributed by atoms with Gasteiger partial charge >= 0.3 is 0 Å². The number of amides is 1. The summed E-state index contributed by atoms with van der Waals surface area (Å²) in [4.78, 5) is 19.7. The van der Waals surface area contributed by atoms with Crippen LogP contribution in [0.3, 0.4) is 0 Å². The molecule has 0 saturated carbocycles. The summed E-state index contributed by atoms with van der Waals surface area (Å²) in [6.07, 6.45) is 2.11. The molecule has 2 aromatic carbocycles. The molecular formula is C31H33N5O2S. The van der Waals surface area contributed by atoms with Crippen LogP contribution in [0.2, 0.25) is 0 Å². The Morgan fingerprint density at radius 2 is 1.79 bits per heavy atom. The van der Waals surface area contributed by atoms with Crippen LogP contribution in [0.5, 0.6) is 5.75 Å². The number of hydrogen-bond donors (Lipinski definition) is 2. The number of para-hydroxylation sites is 1. The van der Waals surface area contributed by atoms with E-state index in [0.717, 1.165) is 45.3 Å². The molecule has 4 aromatic rings. The first-order chi connectivity index (χ1) is 18.9. The van der Waals surface area contributed by atoms with E-state index in [9.17, 15) is 4.79 Å². The summed E-state index contributed by atoms with van der Waals surface area (Å²) < 4.78 is 7.60. The monoisotopic (exact) mass is 539 g/mol. The van der Waals surface area contributed by atoms with Crippen LogP contribution in [-0.4, -0.2) is 39.1 Å². The van der Waals surface area contributed by atoms with Gasteiger partial charge in [-0.25, -0.2) is 0 Å². The molecule has 39 heavy (non-hydrogen) atoms. The van der Waals surface area contributed by atoms with Crippen molar-refractivity contribution in [3.63, 3.8) is 0 Å². The van der Waals surface area contributed by atoms with Crippen LogP contribution in [0, 0.1) is 20.8 Å². The van der Waals surface area contributed by atoms with E-state index in [0.29, 0.717) is 18.1 Å². The van der Waals surface area contributed by atoms with Crippen molar-refractivity contribution in [2.75, 3.05) is 19.0 Å². The standard InChI is InChI=1S/C31H33N5O2S/c1-20-9-5-6-10-26(20)33-28(37)16-18-35-30(29(34-31(35)39)27-11-7-8-17-32-27)25-19-21(2)36(22(25)3)23-12-14-24(38-4)15-13-23/h5-15,17,19,29-30H,16,18H2,1-4H3,(H,33,37)(H,34,39). The molecule has 8 heteroatoms. The summed E-state index contributed by atoms with van der Waals surface area (Å²) >= 11 is 5.84. The van der Waals surface area contributed by atoms with Gasteiger partial charge in [-0.3, -0.25) is 9.78 Å². The number of carbonyl (C=O) groups is 1. The van der Waals surface area contributed by atoms with Gasteiger partial charge in [-0.05, 0) is 92.6 Å². The van der Waals surface area contributed by atoms with Crippen LogP contribution in [0.25, 0.3) is 5.69 Å². The molecule has 2 atom stereocenters. The number of thiocarbonyl (C=S) groups is 1. The van der Waals surface area contributed by atoms with E-state index in [1.165, 1.54) is 0 Å². The third-order valence-corrected chi connectivity index (χ3v) is 7.67. The summed E-state index contributed by atoms with van der Waals surface area (Å²) in [6.45, 7) is 6.70. The van der Waals surface area contributed by atoms with Gasteiger partial charge in [0.2, 0.25) is 5.91 Å². The Kier molecular flexibility index (Phi) is 7.65. The van der Waals surface area contributed by atoms with Crippen molar-refractivity contribution in [1.29, 1.82) is 0 Å². The third-order valence-electron chi connectivity index (χ3n) is 7.32. The van der Waals surface area contributed by atoms with E-state index in [4.69, 9.17) is 17.0 Å². The minimum absolute atomic E-state index is 0.0455. The Balaban J connectivity index is 1.47. The maximum Gasteiger partial charge on any atom is 0.226 e. The number of carbonyl (C=O) groups excluding carboxylic acids is 1. The number of aromatic nitrogens is 2. The predicted molar refractivity (Wildman–Crippen MR) is 158 cm³/mol. The molecule has 2 aromatic heterocycles. The average Bonchev–Trinajstić information content (AvgIpc) is 3.43. The van der Waals surface area contributed by atoms with E-state index in [1.807, 2.05) is 61.5 Å². The van der Waals surface area contributed by atoms with Crippen LogP contribution >= 0.6 is 12.2 Å². The van der Waals surface area contributed by atoms with Crippen LogP contribution in [0.15, 0.2) is 79.0 Å². The van der Waals surface area contributed by atoms with E-state index < -0.39 is 0 Å². The molecule has 2 N–H and O–H groups in total. The Labute approximate surface area is 234 Å². The number of anilines is 1. The SMILES string of the molecule is COc1ccc(-n2c(C)cc(C3C(c4ccccn4)NC(=S)N3CCC(=O)Nc3ccccc3C)c2C)cc1. The second-order valence-corrected chi connectivity index (χ2v) is 10.2. The first-order valence-corrected chi connectivity index (χ1v) is 13.4. The molecule has 200 valence electrons. The summed E-state index contributed by atoms with van der Waals surface area (Å²) in [5.74, 6) is 0.771. The summed E-state index contributed by atoms with van der Waals surface area (Å²) in [7, 11) is 1.67. The van der Waals surface area contributed by atoms with Gasteiger partial charge in [0.25, 0.3) is 0 Å². The summed E-state index contributed by atoms with van der Waals surface area (Å²) in [5, 5.41) is 7.16. The number of nitrogens with zero attached hydrogens (tertiary/aromatic N) is 3. The highest BCUT2D eigenvalue weighted by Gasteiger charge is 2.41. The van der Waals surface area contributed by atoms with E-state index in [2.05, 4.69) is 57.1 Å². The van der Waals surface area contributed by atoms with Crippen LogP contribution in [-0.2, 0) is 4.79 Å². The number of rotatable bonds is 8. The molecule has 1 amide bonds. The van der Waals surface area contributed by atoms with Crippen LogP contribution < -0.4 is 15.4 Å². The van der Waals surface area contributed by atoms with Gasteiger partial charge in [-0.1, -0.05) is 24.3 Å². The number of methoxy groups -OCH3 is 1. The second-order valence-electron chi connectivity index (χ2n) is 9.79. The fourth-order valence-corrected chi connectivity index (χ4v) is 5.68. The molecule has 0 bridgehead atoms. The van der Waals surface area contributed by atoms with Gasteiger partial charge in [-0.15, -0.1) is 0 Å². The minimum atomic E-state index is -0.150. The molecule has 7 nitrogen and oxygen atoms in total. The summed E-state index contributed by atoms with van der Waals surface area (Å²) in [6, 6.07) is 23.7. The van der Waals surface area contributed by atoms with Gasteiger partial charge in [0, 0.05) is 41.9 Å². The highest BCUT2D eigenvalue weighted by Crippen LogP contribution is 2.41. The van der Waals surface area contributed by atoms with Crippen molar-refractivity contribution < 1.29 is 9.53 Å². The number of nitrogens with one attached hydrogen (secondary N) is 2. The summed E-state index contributed by atoms with van der Waals surface area (Å²) in [5.41, 5.74) is 7.20. The fourth-order valence-electron chi connectivity index (χ4n) is 5.35. The molecule has 0 radical (unpaired) electrons. The lowest BCUT2D eigenvalue weighted by Crippen LogP contribution is -2.33. The average molecular weight is 540 g/mol. The zero-order valence-corrected chi connectivity index (χ0v) is 23.5. The fraction of sp³-hybridized carbons (Fsp3) is 0.258. The topological polar surface area (TPSA) is 71.4 Å². The van der Waals surface area contributed by atoms with Crippen LogP contribution in [0.1, 0.15) is 46.7 Å². The van der Waals surface area contributed by atoms with Gasteiger partial charge < -0.3 is 24.8 Å². The molecule has 1 saturated heterocycles. The molecule has 5 rings (SSSR count). The predicted octanol–water partition coefficient (Wildman–Crippen LogP) is 5.81. The highest BCUT2D eigenvalue weighted by molar-refractivity contribution is 7.80. The Hall–Kier alpha value is -4.17. The zero-order valence-electron chi connectivity index (χ0n) is 22.6. The second kappa shape index (κ2) is 11.3. The van der Waals surface area contributed by atoms with Gasteiger partial charge in [0.05, 0.1) is 24.9 Å². The van der Waals surface area contributed by atoms with E-state index in [1.54, 1.807) is 13.3 Å². The van der Waals surface area contributed by atoms with Crippen molar-refractivity contribution in [2.24, 2.45) is 0 Å². The maximum atomic E-state index is 13.0. The lowest BCUT2D eigenvalue weighted by atomic mass is 9.96. The first kappa shape index (κ1) is 26.4. The number of hydrogen-bond acceptors (Lipinski definition) is 4. The normalized spacial score (nSPS) is 16.7. The van der Waals surface area contributed by atoms with E-state index >= 15 is 0 Å². The van der Waals surface area contributed by atoms with E-state index in [-0.39, 0.29) is 18.0 Å². The number of pyridine rings is 1. The molecule has 1 fully saturated rings. The van der Waals surface area contributed by atoms with Crippen molar-refractivity contribution in [2.45, 2.75) is 39.3 Å². The molecule has 2 unspecified atom stereocenters. The number of ether oxygens (including phenoxy) is 1. The Morgan fingerprint density at radius 3 is 2.49 bits per heavy atom. The molecule has 1 aliphatic rings. The molecular weight excluding hydrogens is 506 g/mol. The Morgan fingerprint density at radius 1 is 1.05 bits per heavy atom. The first-order valence-electron chi connectivity index (χ1n) is 13.0. The minimum Gasteiger partial charge on any atom is -0.497 e. The lowest BCUT2D eigenvalue weighted by molar-refractivity contribution is -0.116. The largest absolute Gasteiger partial charge is 0.497 e. The third kappa shape index (κ3) is 5.38.